The van der Waals surface area contributed by atoms with Crippen LogP contribution in [0.2, 0.25) is 0 Å². The number of anilines is 1. The van der Waals surface area contributed by atoms with Gasteiger partial charge in [0, 0.05) is 12.2 Å². The highest BCUT2D eigenvalue weighted by Crippen LogP contribution is 2.42. The van der Waals surface area contributed by atoms with Crippen LogP contribution in [0.3, 0.4) is 0 Å². The molecule has 1 saturated heterocycles. The van der Waals surface area contributed by atoms with Gasteiger partial charge in [-0.05, 0) is 31.6 Å². The molecule has 22 heavy (non-hydrogen) atoms. The molecule has 1 aromatic rings. The average molecular weight is 301 g/mol. The fourth-order valence-electron chi connectivity index (χ4n) is 2.75. The highest BCUT2D eigenvalue weighted by atomic mass is 16.5. The first-order valence-electron chi connectivity index (χ1n) is 7.15. The lowest BCUT2D eigenvalue weighted by Crippen LogP contribution is -2.42. The van der Waals surface area contributed by atoms with Gasteiger partial charge in [-0.25, -0.2) is 0 Å². The minimum Gasteiger partial charge on any atom is -0.466 e. The molecule has 0 N–H and O–H groups in total. The van der Waals surface area contributed by atoms with Gasteiger partial charge < -0.3 is 9.64 Å². The Labute approximate surface area is 129 Å². The maximum Gasteiger partial charge on any atom is 0.307 e. The number of nitrogens with zero attached hydrogens (tertiary/aromatic N) is 1. The molecule has 0 saturated carbocycles. The summed E-state index contributed by atoms with van der Waals surface area (Å²) in [6, 6.07) is 9.03. The number of esters is 1. The van der Waals surface area contributed by atoms with E-state index in [2.05, 4.69) is 6.58 Å². The molecule has 1 heterocycles. The zero-order chi connectivity index (χ0) is 16.3. The Bertz CT molecular complexity index is 623. The molecule has 1 aromatic carbocycles. The largest absolute Gasteiger partial charge is 0.466 e. The minimum absolute atomic E-state index is 0.204. The van der Waals surface area contributed by atoms with Crippen LogP contribution < -0.4 is 4.90 Å². The topological polar surface area (TPSA) is 63.7 Å². The van der Waals surface area contributed by atoms with Gasteiger partial charge in [-0.3, -0.25) is 14.4 Å². The fraction of sp³-hybridized carbons (Fsp3) is 0.353. The Morgan fingerprint density at radius 1 is 1.32 bits per heavy atom. The van der Waals surface area contributed by atoms with Crippen LogP contribution in [0.4, 0.5) is 5.69 Å². The van der Waals surface area contributed by atoms with E-state index in [1.54, 1.807) is 19.1 Å². The quantitative estimate of drug-likeness (QED) is 0.475. The SMILES string of the molecule is C=C1CN(c2ccccc2)C(=O)C1(CC(=O)OCC)C(C)=O. The molecule has 5 heteroatoms. The molecular formula is C17H19NO4. The number of rotatable bonds is 5. The Morgan fingerprint density at radius 2 is 1.95 bits per heavy atom. The molecule has 1 atom stereocenters. The van der Waals surface area contributed by atoms with Gasteiger partial charge in [-0.2, -0.15) is 0 Å². The maximum atomic E-state index is 12.9. The summed E-state index contributed by atoms with van der Waals surface area (Å²) < 4.78 is 4.91. The summed E-state index contributed by atoms with van der Waals surface area (Å²) in [4.78, 5) is 38.4. The van der Waals surface area contributed by atoms with Gasteiger partial charge in [-0.1, -0.05) is 24.8 Å². The van der Waals surface area contributed by atoms with Crippen LogP contribution in [-0.2, 0) is 19.1 Å². The number of ether oxygens (including phenoxy) is 1. The van der Waals surface area contributed by atoms with Crippen molar-refractivity contribution < 1.29 is 19.1 Å². The number of hydrogen-bond donors (Lipinski definition) is 0. The number of para-hydroxylation sites is 1. The van der Waals surface area contributed by atoms with Crippen molar-refractivity contribution in [1.29, 1.82) is 0 Å². The standard InChI is InChI=1S/C17H19NO4/c1-4-22-15(20)10-17(13(3)19)12(2)11-18(16(17)21)14-8-6-5-7-9-14/h5-9H,2,4,10-11H2,1,3H3. The van der Waals surface area contributed by atoms with Gasteiger partial charge in [-0.15, -0.1) is 0 Å². The molecule has 1 unspecified atom stereocenters. The number of carbonyl (C=O) groups is 3. The second-order valence-electron chi connectivity index (χ2n) is 5.27. The van der Waals surface area contributed by atoms with E-state index in [0.717, 1.165) is 0 Å². The number of Topliss-reactive ketones (excluding diaryl/α,β-unsaturated/α-hetero) is 1. The second-order valence-corrected chi connectivity index (χ2v) is 5.27. The number of benzene rings is 1. The second kappa shape index (κ2) is 6.13. The molecule has 1 aliphatic rings. The van der Waals surface area contributed by atoms with E-state index in [4.69, 9.17) is 4.74 Å². The van der Waals surface area contributed by atoms with Crippen molar-refractivity contribution in [3.8, 4) is 0 Å². The van der Waals surface area contributed by atoms with Crippen LogP contribution in [0.1, 0.15) is 20.3 Å². The van der Waals surface area contributed by atoms with E-state index in [0.29, 0.717) is 11.3 Å². The van der Waals surface area contributed by atoms with E-state index < -0.39 is 17.3 Å². The molecule has 5 nitrogen and oxygen atoms in total. The van der Waals surface area contributed by atoms with Crippen LogP contribution >= 0.6 is 0 Å². The van der Waals surface area contributed by atoms with Crippen molar-refractivity contribution in [1.82, 2.24) is 0 Å². The van der Waals surface area contributed by atoms with Crippen LogP contribution in [0.15, 0.2) is 42.5 Å². The molecule has 1 amide bonds. The predicted octanol–water partition coefficient (Wildman–Crippen LogP) is 2.12. The third kappa shape index (κ3) is 2.54. The van der Waals surface area contributed by atoms with Gasteiger partial charge in [0.05, 0.1) is 13.0 Å². The van der Waals surface area contributed by atoms with E-state index in [1.807, 2.05) is 18.2 Å². The fourth-order valence-corrected chi connectivity index (χ4v) is 2.75. The summed E-state index contributed by atoms with van der Waals surface area (Å²) in [6.07, 6.45) is -0.294. The summed E-state index contributed by atoms with van der Waals surface area (Å²) in [5.74, 6) is -1.36. The highest BCUT2D eigenvalue weighted by molar-refractivity contribution is 6.18. The van der Waals surface area contributed by atoms with E-state index in [-0.39, 0.29) is 25.4 Å². The molecule has 0 aromatic heterocycles. The monoisotopic (exact) mass is 301 g/mol. The first kappa shape index (κ1) is 15.9. The Hall–Kier alpha value is -2.43. The summed E-state index contributed by atoms with van der Waals surface area (Å²) in [6.45, 7) is 7.30. The summed E-state index contributed by atoms with van der Waals surface area (Å²) >= 11 is 0. The number of ketones is 1. The molecular weight excluding hydrogens is 282 g/mol. The number of amides is 1. The Balaban J connectivity index is 2.38. The number of hydrogen-bond acceptors (Lipinski definition) is 4. The summed E-state index contributed by atoms with van der Waals surface area (Å²) in [5.41, 5.74) is -0.398. The molecule has 2 rings (SSSR count). The van der Waals surface area contributed by atoms with E-state index in [1.165, 1.54) is 11.8 Å². The van der Waals surface area contributed by atoms with Crippen molar-refractivity contribution in [3.05, 3.63) is 42.5 Å². The maximum absolute atomic E-state index is 12.9. The van der Waals surface area contributed by atoms with Gasteiger partial charge in [0.2, 0.25) is 5.91 Å². The minimum atomic E-state index is -1.51. The molecule has 0 aliphatic carbocycles. The summed E-state index contributed by atoms with van der Waals surface area (Å²) in [7, 11) is 0. The third-order valence-electron chi connectivity index (χ3n) is 3.95. The van der Waals surface area contributed by atoms with Crippen molar-refractivity contribution >= 4 is 23.3 Å². The molecule has 0 radical (unpaired) electrons. The molecule has 1 fully saturated rings. The lowest BCUT2D eigenvalue weighted by Gasteiger charge is -2.24. The molecule has 116 valence electrons. The normalized spacial score (nSPS) is 21.1. The highest BCUT2D eigenvalue weighted by Gasteiger charge is 2.55. The summed E-state index contributed by atoms with van der Waals surface area (Å²) in [5, 5.41) is 0. The first-order chi connectivity index (χ1) is 10.4. The first-order valence-corrected chi connectivity index (χ1v) is 7.15. The van der Waals surface area contributed by atoms with Crippen molar-refractivity contribution in [2.75, 3.05) is 18.1 Å². The van der Waals surface area contributed by atoms with Gasteiger partial charge in [0.25, 0.3) is 0 Å². The van der Waals surface area contributed by atoms with Crippen LogP contribution in [0.25, 0.3) is 0 Å². The lowest BCUT2D eigenvalue weighted by molar-refractivity contribution is -0.151. The molecule has 1 aliphatic heterocycles. The lowest BCUT2D eigenvalue weighted by atomic mass is 9.76. The van der Waals surface area contributed by atoms with Gasteiger partial charge >= 0.3 is 5.97 Å². The van der Waals surface area contributed by atoms with Crippen molar-refractivity contribution in [2.45, 2.75) is 20.3 Å². The average Bonchev–Trinajstić information content (AvgIpc) is 2.74. The molecule has 0 bridgehead atoms. The van der Waals surface area contributed by atoms with E-state index >= 15 is 0 Å². The number of carbonyl (C=O) groups excluding carboxylic acids is 3. The predicted molar refractivity (Wildman–Crippen MR) is 82.3 cm³/mol. The third-order valence-corrected chi connectivity index (χ3v) is 3.95. The smallest absolute Gasteiger partial charge is 0.307 e. The molecule has 0 spiro atoms. The Morgan fingerprint density at radius 3 is 2.50 bits per heavy atom. The Kier molecular flexibility index (Phi) is 4.45. The van der Waals surface area contributed by atoms with Crippen LogP contribution in [-0.4, -0.2) is 30.8 Å². The zero-order valence-electron chi connectivity index (χ0n) is 12.8. The van der Waals surface area contributed by atoms with Crippen LogP contribution in [0.5, 0.6) is 0 Å². The van der Waals surface area contributed by atoms with Crippen LogP contribution in [0, 0.1) is 5.41 Å². The zero-order valence-corrected chi connectivity index (χ0v) is 12.8. The van der Waals surface area contributed by atoms with Gasteiger partial charge in [0.15, 0.2) is 0 Å². The van der Waals surface area contributed by atoms with Gasteiger partial charge in [0.1, 0.15) is 11.2 Å². The van der Waals surface area contributed by atoms with E-state index in [9.17, 15) is 14.4 Å². The van der Waals surface area contributed by atoms with Crippen molar-refractivity contribution in [3.63, 3.8) is 0 Å². The van der Waals surface area contributed by atoms with Crippen molar-refractivity contribution in [2.24, 2.45) is 5.41 Å².